The normalized spacial score (nSPS) is 16.6. The molecule has 1 atom stereocenters. The van der Waals surface area contributed by atoms with Crippen LogP contribution in [0.2, 0.25) is 0 Å². The van der Waals surface area contributed by atoms with Gasteiger partial charge in [-0.15, -0.1) is 0 Å². The minimum Gasteiger partial charge on any atom is -0.363 e. The highest BCUT2D eigenvalue weighted by Gasteiger charge is 2.35. The molecule has 1 N–H and O–H groups in total. The van der Waals surface area contributed by atoms with Crippen molar-refractivity contribution in [3.63, 3.8) is 0 Å². The van der Waals surface area contributed by atoms with Crippen LogP contribution in [0.3, 0.4) is 0 Å². The van der Waals surface area contributed by atoms with Crippen molar-refractivity contribution in [2.24, 2.45) is 0 Å². The summed E-state index contributed by atoms with van der Waals surface area (Å²) < 4.78 is 14.9. The predicted molar refractivity (Wildman–Crippen MR) is 139 cm³/mol. The van der Waals surface area contributed by atoms with Crippen molar-refractivity contribution < 1.29 is 14.0 Å². The Labute approximate surface area is 217 Å². The Morgan fingerprint density at radius 3 is 2.41 bits per heavy atom. The topological polar surface area (TPSA) is 105 Å². The number of carbonyl (C=O) groups excluding carboxylic acids is 2. The Bertz CT molecular complexity index is 1260. The number of nitrogens with zero attached hydrogens (tertiary/aromatic N) is 6. The monoisotopic (exact) mass is 507 g/mol. The summed E-state index contributed by atoms with van der Waals surface area (Å²) in [6.07, 6.45) is 0. The predicted octanol–water partition coefficient (Wildman–Crippen LogP) is 3.62. The molecule has 10 heteroatoms. The third-order valence-corrected chi connectivity index (χ3v) is 7.22. The van der Waals surface area contributed by atoms with Crippen molar-refractivity contribution in [1.29, 1.82) is 5.26 Å². The van der Waals surface area contributed by atoms with Gasteiger partial charge in [0.25, 0.3) is 5.91 Å². The molecule has 0 aliphatic carbocycles. The second-order valence-electron chi connectivity index (χ2n) is 10.6. The lowest BCUT2D eigenvalue weighted by atomic mass is 9.85. The second-order valence-corrected chi connectivity index (χ2v) is 10.6. The summed E-state index contributed by atoms with van der Waals surface area (Å²) in [6, 6.07) is 6.73. The van der Waals surface area contributed by atoms with Crippen molar-refractivity contribution in [3.8, 4) is 6.07 Å². The van der Waals surface area contributed by atoms with Gasteiger partial charge in [0.2, 0.25) is 11.9 Å². The summed E-state index contributed by atoms with van der Waals surface area (Å²) in [5, 5.41) is 12.8. The van der Waals surface area contributed by atoms with E-state index in [4.69, 9.17) is 4.98 Å². The number of amides is 2. The van der Waals surface area contributed by atoms with Gasteiger partial charge in [-0.05, 0) is 46.2 Å². The maximum Gasteiger partial charge on any atom is 0.273 e. The number of hydrogen-bond acceptors (Lipinski definition) is 7. The van der Waals surface area contributed by atoms with E-state index in [1.54, 1.807) is 36.6 Å². The van der Waals surface area contributed by atoms with Crippen LogP contribution < -0.4 is 10.2 Å². The van der Waals surface area contributed by atoms with Crippen molar-refractivity contribution >= 4 is 23.6 Å². The molecule has 0 spiro atoms. The number of anilines is 2. The third kappa shape index (κ3) is 5.08. The maximum atomic E-state index is 14.9. The van der Waals surface area contributed by atoms with Crippen LogP contribution in [0.5, 0.6) is 0 Å². The number of aromatic nitrogens is 2. The highest BCUT2D eigenvalue weighted by molar-refractivity contribution is 5.98. The molecule has 2 aromatic rings. The van der Waals surface area contributed by atoms with Crippen LogP contribution >= 0.6 is 0 Å². The minimum absolute atomic E-state index is 0.000311. The second kappa shape index (κ2) is 9.96. The van der Waals surface area contributed by atoms with Crippen LogP contribution in [0.1, 0.15) is 74.8 Å². The fourth-order valence-corrected chi connectivity index (χ4v) is 4.73. The Morgan fingerprint density at radius 1 is 1.16 bits per heavy atom. The molecule has 9 nitrogen and oxygen atoms in total. The Balaban J connectivity index is 1.66. The Hall–Kier alpha value is -3.74. The lowest BCUT2D eigenvalue weighted by molar-refractivity contribution is -0.129. The number of rotatable bonds is 6. The van der Waals surface area contributed by atoms with E-state index >= 15 is 0 Å². The molecule has 4 rings (SSSR count). The number of fused-ring (bicyclic) bond motifs is 1. The minimum atomic E-state index is -0.936. The largest absolute Gasteiger partial charge is 0.363 e. The van der Waals surface area contributed by atoms with Gasteiger partial charge in [0.15, 0.2) is 0 Å². The molecule has 2 amide bonds. The van der Waals surface area contributed by atoms with Crippen molar-refractivity contribution in [2.45, 2.75) is 65.6 Å². The molecule has 1 aromatic carbocycles. The first-order valence-corrected chi connectivity index (χ1v) is 12.6. The first kappa shape index (κ1) is 26.3. The van der Waals surface area contributed by atoms with Gasteiger partial charge in [-0.2, -0.15) is 10.2 Å². The number of nitriles is 1. The first-order chi connectivity index (χ1) is 17.4. The van der Waals surface area contributed by atoms with Crippen molar-refractivity contribution in [2.75, 3.05) is 36.4 Å². The molecule has 37 heavy (non-hydrogen) atoms. The van der Waals surface area contributed by atoms with Gasteiger partial charge >= 0.3 is 0 Å². The average molecular weight is 508 g/mol. The molecule has 3 heterocycles. The van der Waals surface area contributed by atoms with Gasteiger partial charge in [0, 0.05) is 50.3 Å². The van der Waals surface area contributed by atoms with Gasteiger partial charge in [0.1, 0.15) is 17.3 Å². The van der Waals surface area contributed by atoms with Crippen LogP contribution in [-0.2, 0) is 16.8 Å². The molecule has 0 saturated carbocycles. The smallest absolute Gasteiger partial charge is 0.273 e. The van der Waals surface area contributed by atoms with Crippen molar-refractivity contribution in [1.82, 2.24) is 19.8 Å². The number of hydrogen-bond donors (Lipinski definition) is 1. The van der Waals surface area contributed by atoms with Crippen LogP contribution in [0, 0.1) is 17.1 Å². The Morgan fingerprint density at radius 2 is 1.84 bits per heavy atom. The van der Waals surface area contributed by atoms with E-state index in [0.29, 0.717) is 61.3 Å². The lowest BCUT2D eigenvalue weighted by Gasteiger charge is -2.34. The standard InChI is InChI=1S/C27H34FN7O2/c1-16(2)35-14-20-23(25(35)37)31-26(34-11-9-33(10-12-34)18(4)36)32-24(20)30-17(3)19-7-8-21(22(28)13-19)27(5,6)15-29/h7-8,13,16-17H,9-12,14H2,1-6H3,(H,30,31,32). The van der Waals surface area contributed by atoms with Gasteiger partial charge in [-0.25, -0.2) is 9.37 Å². The summed E-state index contributed by atoms with van der Waals surface area (Å²) in [5.74, 6) is 0.439. The summed E-state index contributed by atoms with van der Waals surface area (Å²) in [5.41, 5.74) is 1.21. The van der Waals surface area contributed by atoms with E-state index in [0.717, 1.165) is 5.56 Å². The van der Waals surface area contributed by atoms with Crippen LogP contribution in [0.4, 0.5) is 16.2 Å². The molecule has 196 valence electrons. The van der Waals surface area contributed by atoms with E-state index < -0.39 is 11.2 Å². The van der Waals surface area contributed by atoms with Crippen LogP contribution in [-0.4, -0.2) is 63.8 Å². The lowest BCUT2D eigenvalue weighted by Crippen LogP contribution is -2.48. The molecule has 0 bridgehead atoms. The average Bonchev–Trinajstić information content (AvgIpc) is 3.20. The van der Waals surface area contributed by atoms with E-state index in [9.17, 15) is 19.2 Å². The van der Waals surface area contributed by atoms with E-state index in [1.807, 2.05) is 31.7 Å². The van der Waals surface area contributed by atoms with Gasteiger partial charge in [-0.1, -0.05) is 12.1 Å². The number of piperazine rings is 1. The van der Waals surface area contributed by atoms with Crippen LogP contribution in [0.25, 0.3) is 0 Å². The molecule has 1 saturated heterocycles. The summed E-state index contributed by atoms with van der Waals surface area (Å²) in [4.78, 5) is 39.9. The van der Waals surface area contributed by atoms with E-state index in [-0.39, 0.29) is 23.9 Å². The number of carbonyl (C=O) groups is 2. The zero-order valence-electron chi connectivity index (χ0n) is 22.3. The number of halogens is 1. The highest BCUT2D eigenvalue weighted by Crippen LogP contribution is 2.33. The van der Waals surface area contributed by atoms with Gasteiger partial charge in [-0.3, -0.25) is 9.59 Å². The summed E-state index contributed by atoms with van der Waals surface area (Å²) in [7, 11) is 0. The van der Waals surface area contributed by atoms with E-state index in [2.05, 4.69) is 16.4 Å². The fraction of sp³-hybridized carbons (Fsp3) is 0.519. The third-order valence-electron chi connectivity index (χ3n) is 7.22. The molecule has 1 aromatic heterocycles. The van der Waals surface area contributed by atoms with Crippen molar-refractivity contribution in [3.05, 3.63) is 46.4 Å². The quantitative estimate of drug-likeness (QED) is 0.637. The molecular formula is C27H34FN7O2. The maximum absolute atomic E-state index is 14.9. The number of benzene rings is 1. The fourth-order valence-electron chi connectivity index (χ4n) is 4.73. The van der Waals surface area contributed by atoms with Gasteiger partial charge < -0.3 is 20.0 Å². The van der Waals surface area contributed by atoms with E-state index in [1.165, 1.54) is 6.07 Å². The van der Waals surface area contributed by atoms with Gasteiger partial charge in [0.05, 0.1) is 24.1 Å². The first-order valence-electron chi connectivity index (χ1n) is 12.6. The highest BCUT2D eigenvalue weighted by atomic mass is 19.1. The SMILES string of the molecule is CC(=O)N1CCN(c2nc(NC(C)c3ccc(C(C)(C)C#N)c(F)c3)c3c(n2)C(=O)N(C(C)C)C3)CC1. The molecule has 2 aliphatic heterocycles. The molecule has 1 fully saturated rings. The Kier molecular flexibility index (Phi) is 7.09. The molecule has 1 unspecified atom stereocenters. The molecule has 0 radical (unpaired) electrons. The molecule has 2 aliphatic rings. The zero-order chi connectivity index (χ0) is 27.1. The zero-order valence-corrected chi connectivity index (χ0v) is 22.3. The summed E-state index contributed by atoms with van der Waals surface area (Å²) >= 11 is 0. The molecular weight excluding hydrogens is 473 g/mol. The number of nitrogens with one attached hydrogen (secondary N) is 1. The van der Waals surface area contributed by atoms with Crippen LogP contribution in [0.15, 0.2) is 18.2 Å². The summed E-state index contributed by atoms with van der Waals surface area (Å²) in [6.45, 7) is 13.4.